The minimum absolute atomic E-state index is 0.100. The van der Waals surface area contributed by atoms with Gasteiger partial charge in [-0.1, -0.05) is 6.07 Å². The largest absolute Gasteiger partial charge is 0.494 e. The zero-order valence-corrected chi connectivity index (χ0v) is 15.7. The molecular weight excluding hydrogens is 348 g/mol. The number of hydrogen-bond acceptors (Lipinski definition) is 4. The second kappa shape index (κ2) is 7.66. The summed E-state index contributed by atoms with van der Waals surface area (Å²) in [4.78, 5) is 26.6. The molecule has 0 saturated heterocycles. The lowest BCUT2D eigenvalue weighted by molar-refractivity contribution is 0.102. The number of aromatic nitrogens is 1. The molecule has 0 radical (unpaired) electrons. The van der Waals surface area contributed by atoms with E-state index in [2.05, 4.69) is 5.32 Å². The molecule has 1 N–H and O–H groups in total. The highest BCUT2D eigenvalue weighted by Gasteiger charge is 2.15. The fraction of sp³-hybridized carbons (Fsp3) is 0.200. The SMILES string of the molecule is CCOc1ccc2c(c1)c(=O)c(C(=O)Nc1cccc(SC)c1)cn2C. The minimum atomic E-state index is -0.424. The van der Waals surface area contributed by atoms with E-state index in [0.717, 1.165) is 10.4 Å². The Morgan fingerprint density at radius 1 is 1.23 bits per heavy atom. The van der Waals surface area contributed by atoms with Crippen molar-refractivity contribution >= 4 is 34.3 Å². The van der Waals surface area contributed by atoms with Crippen molar-refractivity contribution in [3.8, 4) is 5.75 Å². The molecule has 2 aromatic carbocycles. The van der Waals surface area contributed by atoms with Crippen LogP contribution in [0.5, 0.6) is 5.75 Å². The summed E-state index contributed by atoms with van der Waals surface area (Å²) in [5.74, 6) is 0.190. The third-order valence-corrected chi connectivity index (χ3v) is 4.77. The van der Waals surface area contributed by atoms with E-state index in [1.165, 1.54) is 0 Å². The number of thioether (sulfide) groups is 1. The van der Waals surface area contributed by atoms with Crippen LogP contribution >= 0.6 is 11.8 Å². The monoisotopic (exact) mass is 368 g/mol. The molecule has 0 aliphatic heterocycles. The topological polar surface area (TPSA) is 60.3 Å². The summed E-state index contributed by atoms with van der Waals surface area (Å²) >= 11 is 1.59. The van der Waals surface area contributed by atoms with Crippen molar-refractivity contribution in [2.24, 2.45) is 7.05 Å². The van der Waals surface area contributed by atoms with Crippen LogP contribution < -0.4 is 15.5 Å². The van der Waals surface area contributed by atoms with Gasteiger partial charge in [-0.25, -0.2) is 0 Å². The normalized spacial score (nSPS) is 10.7. The predicted octanol–water partition coefficient (Wildman–Crippen LogP) is 3.91. The lowest BCUT2D eigenvalue weighted by Crippen LogP contribution is -2.23. The summed E-state index contributed by atoms with van der Waals surface area (Å²) < 4.78 is 7.26. The Hall–Kier alpha value is -2.73. The van der Waals surface area contributed by atoms with Crippen LogP contribution in [0, 0.1) is 0 Å². The van der Waals surface area contributed by atoms with Crippen LogP contribution in [-0.4, -0.2) is 23.3 Å². The summed E-state index contributed by atoms with van der Waals surface area (Å²) in [7, 11) is 1.81. The lowest BCUT2D eigenvalue weighted by Gasteiger charge is -2.11. The smallest absolute Gasteiger partial charge is 0.261 e. The van der Waals surface area contributed by atoms with E-state index in [0.29, 0.717) is 23.4 Å². The van der Waals surface area contributed by atoms with Crippen LogP contribution in [0.25, 0.3) is 10.9 Å². The van der Waals surface area contributed by atoms with Crippen molar-refractivity contribution in [1.82, 2.24) is 4.57 Å². The van der Waals surface area contributed by atoms with Gasteiger partial charge in [0.05, 0.1) is 17.5 Å². The predicted molar refractivity (Wildman–Crippen MR) is 107 cm³/mol. The molecule has 5 nitrogen and oxygen atoms in total. The maximum Gasteiger partial charge on any atom is 0.261 e. The summed E-state index contributed by atoms with van der Waals surface area (Å²) in [5, 5.41) is 3.27. The van der Waals surface area contributed by atoms with Gasteiger partial charge in [0.1, 0.15) is 11.3 Å². The van der Waals surface area contributed by atoms with Crippen molar-refractivity contribution < 1.29 is 9.53 Å². The number of aryl methyl sites for hydroxylation is 1. The van der Waals surface area contributed by atoms with Crippen LogP contribution in [0.2, 0.25) is 0 Å². The van der Waals surface area contributed by atoms with Crippen LogP contribution in [-0.2, 0) is 7.05 Å². The number of fused-ring (bicyclic) bond motifs is 1. The maximum atomic E-state index is 12.9. The summed E-state index contributed by atoms with van der Waals surface area (Å²) in [6.45, 7) is 2.40. The second-order valence-corrected chi connectivity index (χ2v) is 6.66. The van der Waals surface area contributed by atoms with Gasteiger partial charge in [0.25, 0.3) is 5.91 Å². The number of anilines is 1. The number of amides is 1. The fourth-order valence-electron chi connectivity index (χ4n) is 2.79. The summed E-state index contributed by atoms with van der Waals surface area (Å²) in [5.41, 5.74) is 1.20. The molecule has 0 fully saturated rings. The maximum absolute atomic E-state index is 12.9. The molecule has 0 aliphatic rings. The van der Waals surface area contributed by atoms with Crippen molar-refractivity contribution in [3.05, 3.63) is 64.4 Å². The zero-order chi connectivity index (χ0) is 18.7. The molecule has 6 heteroatoms. The number of nitrogens with zero attached hydrogens (tertiary/aromatic N) is 1. The lowest BCUT2D eigenvalue weighted by atomic mass is 10.1. The first-order valence-corrected chi connectivity index (χ1v) is 9.47. The molecular formula is C20H20N2O3S. The van der Waals surface area contributed by atoms with Crippen molar-refractivity contribution in [2.75, 3.05) is 18.2 Å². The zero-order valence-electron chi connectivity index (χ0n) is 14.9. The summed E-state index contributed by atoms with van der Waals surface area (Å²) in [6.07, 6.45) is 3.54. The van der Waals surface area contributed by atoms with Gasteiger partial charge in [-0.3, -0.25) is 9.59 Å². The molecule has 0 aliphatic carbocycles. The van der Waals surface area contributed by atoms with E-state index in [-0.39, 0.29) is 11.0 Å². The first-order valence-electron chi connectivity index (χ1n) is 8.25. The first-order chi connectivity index (χ1) is 12.5. The number of carbonyl (C=O) groups excluding carboxylic acids is 1. The van der Waals surface area contributed by atoms with E-state index in [1.54, 1.807) is 34.7 Å². The quantitative estimate of drug-likeness (QED) is 0.694. The van der Waals surface area contributed by atoms with Crippen LogP contribution in [0.15, 0.2) is 58.4 Å². The molecule has 0 unspecified atom stereocenters. The molecule has 1 heterocycles. The van der Waals surface area contributed by atoms with Crippen LogP contribution in [0.3, 0.4) is 0 Å². The summed E-state index contributed by atoms with van der Waals surface area (Å²) in [6, 6.07) is 12.8. The Kier molecular flexibility index (Phi) is 5.32. The standard InChI is InChI=1S/C20H20N2O3S/c1-4-25-14-8-9-18-16(11-14)19(23)17(12-22(18)2)20(24)21-13-6-5-7-15(10-13)26-3/h5-12H,4H2,1-3H3,(H,21,24). The van der Waals surface area contributed by atoms with E-state index in [9.17, 15) is 9.59 Å². The number of benzene rings is 2. The minimum Gasteiger partial charge on any atom is -0.494 e. The number of pyridine rings is 1. The molecule has 26 heavy (non-hydrogen) atoms. The van der Waals surface area contributed by atoms with Gasteiger partial charge in [0.15, 0.2) is 0 Å². The highest BCUT2D eigenvalue weighted by molar-refractivity contribution is 7.98. The Balaban J connectivity index is 2.02. The van der Waals surface area contributed by atoms with Gasteiger partial charge in [-0.05, 0) is 49.6 Å². The highest BCUT2D eigenvalue weighted by atomic mass is 32.2. The van der Waals surface area contributed by atoms with Crippen molar-refractivity contribution in [2.45, 2.75) is 11.8 Å². The fourth-order valence-corrected chi connectivity index (χ4v) is 3.25. The Labute approximate surface area is 156 Å². The average Bonchev–Trinajstić information content (AvgIpc) is 2.65. The van der Waals surface area contributed by atoms with Crippen molar-refractivity contribution in [3.63, 3.8) is 0 Å². The number of nitrogens with one attached hydrogen (secondary N) is 1. The van der Waals surface area contributed by atoms with Gasteiger partial charge in [0, 0.05) is 23.8 Å². The van der Waals surface area contributed by atoms with E-state index in [1.807, 2.05) is 50.6 Å². The number of hydrogen-bond donors (Lipinski definition) is 1. The Morgan fingerprint density at radius 3 is 2.77 bits per heavy atom. The van der Waals surface area contributed by atoms with Gasteiger partial charge in [-0.2, -0.15) is 0 Å². The Morgan fingerprint density at radius 2 is 2.04 bits per heavy atom. The highest BCUT2D eigenvalue weighted by Crippen LogP contribution is 2.21. The van der Waals surface area contributed by atoms with Crippen molar-refractivity contribution in [1.29, 1.82) is 0 Å². The van der Waals surface area contributed by atoms with E-state index < -0.39 is 5.91 Å². The molecule has 0 saturated carbocycles. The Bertz CT molecular complexity index is 1030. The van der Waals surface area contributed by atoms with Gasteiger partial charge < -0.3 is 14.6 Å². The number of ether oxygens (including phenoxy) is 1. The van der Waals surface area contributed by atoms with Crippen LogP contribution in [0.1, 0.15) is 17.3 Å². The van der Waals surface area contributed by atoms with Gasteiger partial charge >= 0.3 is 0 Å². The third-order valence-electron chi connectivity index (χ3n) is 4.04. The third kappa shape index (κ3) is 3.60. The first kappa shape index (κ1) is 18.1. The molecule has 0 spiro atoms. The van der Waals surface area contributed by atoms with Gasteiger partial charge in [0.2, 0.25) is 5.43 Å². The molecule has 1 amide bonds. The number of carbonyl (C=O) groups is 1. The van der Waals surface area contributed by atoms with Crippen LogP contribution in [0.4, 0.5) is 5.69 Å². The molecule has 1 aromatic heterocycles. The number of rotatable bonds is 5. The van der Waals surface area contributed by atoms with Gasteiger partial charge in [-0.15, -0.1) is 11.8 Å². The molecule has 0 bridgehead atoms. The average molecular weight is 368 g/mol. The van der Waals surface area contributed by atoms with E-state index in [4.69, 9.17) is 4.74 Å². The molecule has 3 rings (SSSR count). The van der Waals surface area contributed by atoms with E-state index >= 15 is 0 Å². The second-order valence-electron chi connectivity index (χ2n) is 5.78. The molecule has 134 valence electrons. The molecule has 0 atom stereocenters. The molecule has 3 aromatic rings.